The number of nitro benzene ring substituents is 1. The molecule has 85 heavy (non-hydrogen) atoms. The van der Waals surface area contributed by atoms with Crippen molar-refractivity contribution < 1.29 is 47.0 Å². The Morgan fingerprint density at radius 3 is 1.36 bits per heavy atom. The van der Waals surface area contributed by atoms with Gasteiger partial charge in [-0.2, -0.15) is 0 Å². The zero-order chi connectivity index (χ0) is 60.4. The first-order valence-electron chi connectivity index (χ1n) is 29.1. The Morgan fingerprint density at radius 1 is 0.565 bits per heavy atom. The molecule has 2 saturated carbocycles. The van der Waals surface area contributed by atoms with E-state index in [0.717, 1.165) is 15.9 Å². The number of rotatable bonds is 15. The molecule has 4 aliphatic rings. The first-order valence-corrected chi connectivity index (χ1v) is 32.9. The van der Waals surface area contributed by atoms with Gasteiger partial charge in [-0.1, -0.05) is 181 Å². The van der Waals surface area contributed by atoms with Gasteiger partial charge in [0.05, 0.1) is 28.3 Å². The van der Waals surface area contributed by atoms with Crippen LogP contribution >= 0.6 is 0 Å². The predicted molar refractivity (Wildman–Crippen MR) is 329 cm³/mol. The van der Waals surface area contributed by atoms with E-state index < -0.39 is 69.4 Å². The van der Waals surface area contributed by atoms with Gasteiger partial charge in [-0.25, -0.2) is 14.4 Å². The van der Waals surface area contributed by atoms with Crippen molar-refractivity contribution in [2.45, 2.75) is 140 Å². The number of hydrogen-bond acceptors (Lipinski definition) is 13. The summed E-state index contributed by atoms with van der Waals surface area (Å²) in [4.78, 5) is 64.5. The lowest BCUT2D eigenvalue weighted by molar-refractivity contribution is -0.384. The average Bonchev–Trinajstić information content (AvgIpc) is 1.85. The second kappa shape index (κ2) is 24.9. The number of carbonyl (C=O) groups excluding carboxylic acids is 2. The van der Waals surface area contributed by atoms with E-state index in [9.17, 15) is 29.3 Å². The van der Waals surface area contributed by atoms with Crippen LogP contribution in [0.15, 0.2) is 186 Å². The first-order chi connectivity index (χ1) is 40.6. The largest absolute Gasteiger partial charge is 0.456 e. The Kier molecular flexibility index (Phi) is 17.8. The van der Waals surface area contributed by atoms with Crippen LogP contribution in [0.2, 0.25) is 10.1 Å². The lowest BCUT2D eigenvalue weighted by atomic mass is 10.0. The third kappa shape index (κ3) is 12.2. The van der Waals surface area contributed by atoms with Gasteiger partial charge in [0.25, 0.3) is 27.9 Å². The molecule has 1 unspecified atom stereocenters. The minimum Gasteiger partial charge on any atom is -0.456 e. The lowest BCUT2D eigenvalue weighted by Gasteiger charge is -2.45. The SMILES string of the molecule is COC1C[C@@H]2[C@H](O1)[C@H](OC(=O)c1ccc(C)cc1)C[C@H]2O[Si](c1ccccc1)(c1ccccc1)C(C)(C)C.Cc1cn([C@@H]2C[C@@H]3[C@H](O2)[C@H](OC(=O)c2ccc([N+](=O)[O-])cc2)C[C@H]3O[Si](c2ccccc2)(c2ccccc2)C(C)(C)C)c(=O)[nH]c1=O. The molecule has 6 aromatic carbocycles. The van der Waals surface area contributed by atoms with Crippen molar-refractivity contribution in [3.05, 3.63) is 229 Å². The molecule has 10 atom stereocenters. The second-order valence-corrected chi connectivity index (χ2v) is 33.3. The third-order valence-corrected chi connectivity index (χ3v) is 27.5. The number of aromatic amines is 1. The summed E-state index contributed by atoms with van der Waals surface area (Å²) in [5.41, 5.74) is 0.997. The molecule has 1 N–H and O–H groups in total. The molecular formula is C67H75N3O13Si2. The minimum atomic E-state index is -3.03. The number of nitro groups is 1. The van der Waals surface area contributed by atoms with Crippen LogP contribution in [0.1, 0.15) is 105 Å². The quantitative estimate of drug-likeness (QED) is 0.0442. The fourth-order valence-electron chi connectivity index (χ4n) is 13.2. The Hall–Kier alpha value is -7.43. The summed E-state index contributed by atoms with van der Waals surface area (Å²) >= 11 is 0. The maximum atomic E-state index is 13.4. The number of ether oxygens (including phenoxy) is 5. The second-order valence-electron chi connectivity index (χ2n) is 24.8. The van der Waals surface area contributed by atoms with Crippen LogP contribution in [0.4, 0.5) is 5.69 Å². The highest BCUT2D eigenvalue weighted by atomic mass is 28.4. The van der Waals surface area contributed by atoms with Gasteiger partial charge in [0, 0.05) is 68.5 Å². The van der Waals surface area contributed by atoms with E-state index in [1.54, 1.807) is 14.0 Å². The molecule has 2 saturated heterocycles. The van der Waals surface area contributed by atoms with Crippen LogP contribution in [0.3, 0.4) is 0 Å². The number of aryl methyl sites for hydroxylation is 2. The molecule has 1 aromatic heterocycles. The number of carbonyl (C=O) groups is 2. The molecule has 18 heteroatoms. The third-order valence-electron chi connectivity index (χ3n) is 17.3. The number of esters is 2. The van der Waals surface area contributed by atoms with Crippen LogP contribution in [0.25, 0.3) is 0 Å². The zero-order valence-electron chi connectivity index (χ0n) is 49.5. The van der Waals surface area contributed by atoms with Crippen LogP contribution < -0.4 is 32.0 Å². The smallest absolute Gasteiger partial charge is 0.338 e. The molecular weight excluding hydrogens is 1110 g/mol. The molecule has 4 fully saturated rings. The number of benzene rings is 6. The zero-order valence-corrected chi connectivity index (χ0v) is 51.5. The normalized spacial score (nSPS) is 23.7. The van der Waals surface area contributed by atoms with Gasteiger partial charge in [-0.05, 0) is 68.9 Å². The van der Waals surface area contributed by atoms with Crippen molar-refractivity contribution in [3.8, 4) is 0 Å². The van der Waals surface area contributed by atoms with Crippen LogP contribution in [-0.4, -0.2) is 93.1 Å². The molecule has 7 aromatic rings. The predicted octanol–water partition coefficient (Wildman–Crippen LogP) is 9.48. The highest BCUT2D eigenvalue weighted by Crippen LogP contribution is 2.50. The molecule has 0 amide bonds. The molecule has 0 spiro atoms. The van der Waals surface area contributed by atoms with Gasteiger partial charge < -0.3 is 32.5 Å². The fraction of sp³-hybridized carbons (Fsp3) is 0.373. The fourth-order valence-corrected chi connectivity index (χ4v) is 22.7. The van der Waals surface area contributed by atoms with Crippen LogP contribution in [0, 0.1) is 35.8 Å². The topological polar surface area (TPSA) is 197 Å². The molecule has 0 bridgehead atoms. The number of nitrogens with one attached hydrogen (secondary N) is 1. The first kappa shape index (κ1) is 60.7. The van der Waals surface area contributed by atoms with E-state index in [0.29, 0.717) is 36.8 Å². The summed E-state index contributed by atoms with van der Waals surface area (Å²) in [7, 11) is -4.15. The summed E-state index contributed by atoms with van der Waals surface area (Å²) in [6.45, 7) is 17.0. The molecule has 2 aliphatic carbocycles. The Labute approximate surface area is 497 Å². The number of non-ortho nitro benzene ring substituents is 1. The van der Waals surface area contributed by atoms with E-state index in [1.807, 2.05) is 67.6 Å². The maximum absolute atomic E-state index is 13.4. The van der Waals surface area contributed by atoms with Gasteiger partial charge in [-0.15, -0.1) is 0 Å². The number of aromatic nitrogens is 2. The van der Waals surface area contributed by atoms with Crippen molar-refractivity contribution >= 4 is 55.0 Å². The summed E-state index contributed by atoms with van der Waals surface area (Å²) in [6.07, 6.45) is -0.0770. The Bertz CT molecular complexity index is 3500. The maximum Gasteiger partial charge on any atom is 0.338 e. The summed E-state index contributed by atoms with van der Waals surface area (Å²) in [6, 6.07) is 54.5. The Morgan fingerprint density at radius 2 is 0.965 bits per heavy atom. The van der Waals surface area contributed by atoms with E-state index >= 15 is 0 Å². The van der Waals surface area contributed by atoms with Crippen LogP contribution in [-0.2, 0) is 32.5 Å². The van der Waals surface area contributed by atoms with Gasteiger partial charge in [-0.3, -0.25) is 24.5 Å². The number of fused-ring (bicyclic) bond motifs is 2. The van der Waals surface area contributed by atoms with E-state index in [1.165, 1.54) is 45.4 Å². The van der Waals surface area contributed by atoms with Gasteiger partial charge in [0.15, 0.2) is 6.29 Å². The van der Waals surface area contributed by atoms with Gasteiger partial charge in [0.1, 0.15) is 30.6 Å². The van der Waals surface area contributed by atoms with Crippen LogP contribution in [0.5, 0.6) is 0 Å². The molecule has 444 valence electrons. The highest BCUT2D eigenvalue weighted by molar-refractivity contribution is 7.00. The average molecular weight is 1190 g/mol. The molecule has 11 rings (SSSR count). The summed E-state index contributed by atoms with van der Waals surface area (Å²) < 4.78 is 46.9. The standard InChI is InChI=1S/C35H37N3O8Si.C32H38O5Si/c1-22-21-37(34(41)36-32(22)39)30-19-27-28(20-29(31(27)45-30)44-33(40)23-15-17-24(18-16-23)38(42)43)46-47(35(2,3)4,25-11-7-5-8-12-25)26-13-9-6-10-14-26;1-22-16-18-23(19-17-22)31(33)35-28-21-27(26-20-29(34-5)36-30(26)28)37-38(32(2,3)4,24-12-8-6-9-13-24)25-14-10-7-11-15-25/h5-18,21,27-31H,19-20H2,1-4H3,(H,36,39,41);6-19,26-30H,20-21H2,1-5H3/t27-,28+,29+,30-,31-;26-,27+,28+,29?,30-/m00/s1. The van der Waals surface area contributed by atoms with E-state index in [-0.39, 0.29) is 57.6 Å². The molecule has 16 nitrogen and oxygen atoms in total. The minimum absolute atomic E-state index is 0.0671. The van der Waals surface area contributed by atoms with Crippen molar-refractivity contribution in [1.82, 2.24) is 9.55 Å². The molecule has 0 radical (unpaired) electrons. The number of H-pyrrole nitrogens is 1. The molecule has 2 aliphatic heterocycles. The van der Waals surface area contributed by atoms with Crippen molar-refractivity contribution in [2.75, 3.05) is 7.11 Å². The van der Waals surface area contributed by atoms with E-state index in [2.05, 4.69) is 131 Å². The van der Waals surface area contributed by atoms with Gasteiger partial charge >= 0.3 is 17.6 Å². The van der Waals surface area contributed by atoms with Crippen molar-refractivity contribution in [3.63, 3.8) is 0 Å². The highest BCUT2D eigenvalue weighted by Gasteiger charge is 2.60. The monoisotopic (exact) mass is 1190 g/mol. The van der Waals surface area contributed by atoms with Gasteiger partial charge in [0.2, 0.25) is 0 Å². The van der Waals surface area contributed by atoms with Crippen molar-refractivity contribution in [1.29, 1.82) is 0 Å². The lowest BCUT2D eigenvalue weighted by Crippen LogP contribution is -2.68. The number of hydrogen-bond donors (Lipinski definition) is 1. The van der Waals surface area contributed by atoms with E-state index in [4.69, 9.17) is 32.5 Å². The molecule has 3 heterocycles. The summed E-state index contributed by atoms with van der Waals surface area (Å²) in [5, 5.41) is 15.3. The number of methoxy groups -OCH3 is 1. The van der Waals surface area contributed by atoms with Crippen molar-refractivity contribution in [2.24, 2.45) is 11.8 Å². The summed E-state index contributed by atoms with van der Waals surface area (Å²) in [5.74, 6) is -1.16. The number of nitrogens with zero attached hydrogens (tertiary/aromatic N) is 2. The Balaban J connectivity index is 0.000000193.